The van der Waals surface area contributed by atoms with E-state index in [0.717, 1.165) is 0 Å². The van der Waals surface area contributed by atoms with Gasteiger partial charge in [0.15, 0.2) is 0 Å². The molecule has 0 amide bonds. The van der Waals surface area contributed by atoms with E-state index in [2.05, 4.69) is 16.1 Å². The summed E-state index contributed by atoms with van der Waals surface area (Å²) in [5.41, 5.74) is 0. The molecule has 4 nitrogen and oxygen atoms in total. The summed E-state index contributed by atoms with van der Waals surface area (Å²) in [4.78, 5) is 10.5. The number of aliphatic hydroxyl groups is 1. The molecule has 0 radical (unpaired) electrons. The highest BCUT2D eigenvalue weighted by molar-refractivity contribution is 5.72. The molecule has 10 heavy (non-hydrogen) atoms. The number of aliphatic hydroxyl groups excluding tert-OH is 1. The number of carbonyl (C=O) groups is 1. The van der Waals surface area contributed by atoms with E-state index in [-0.39, 0.29) is 6.61 Å². The SMILES string of the molecule is C=CCOC(=O)C(O)OC. The van der Waals surface area contributed by atoms with Gasteiger partial charge in [-0.25, -0.2) is 4.79 Å². The molecule has 0 spiro atoms. The number of hydrogen-bond donors (Lipinski definition) is 1. The fourth-order valence-corrected chi connectivity index (χ4v) is 0.309. The second kappa shape index (κ2) is 4.96. The smallest absolute Gasteiger partial charge is 0.363 e. The summed E-state index contributed by atoms with van der Waals surface area (Å²) in [6.07, 6.45) is -0.0831. The van der Waals surface area contributed by atoms with E-state index < -0.39 is 12.3 Å². The average Bonchev–Trinajstić information content (AvgIpc) is 1.98. The van der Waals surface area contributed by atoms with Gasteiger partial charge < -0.3 is 14.6 Å². The lowest BCUT2D eigenvalue weighted by Crippen LogP contribution is -2.24. The zero-order valence-corrected chi connectivity index (χ0v) is 5.74. The lowest BCUT2D eigenvalue weighted by Gasteiger charge is -2.05. The van der Waals surface area contributed by atoms with Gasteiger partial charge in [-0.15, -0.1) is 0 Å². The molecule has 0 aromatic carbocycles. The van der Waals surface area contributed by atoms with Crippen LogP contribution in [-0.2, 0) is 14.3 Å². The third kappa shape index (κ3) is 3.21. The lowest BCUT2D eigenvalue weighted by molar-refractivity contribution is -0.176. The Bertz CT molecular complexity index is 121. The fourth-order valence-electron chi connectivity index (χ4n) is 0.309. The molecule has 4 heteroatoms. The highest BCUT2D eigenvalue weighted by Crippen LogP contribution is 1.88. The van der Waals surface area contributed by atoms with Gasteiger partial charge in [0, 0.05) is 7.11 Å². The molecule has 0 aromatic heterocycles. The maximum absolute atomic E-state index is 10.5. The second-order valence-electron chi connectivity index (χ2n) is 1.51. The van der Waals surface area contributed by atoms with E-state index in [1.165, 1.54) is 13.2 Å². The Morgan fingerprint density at radius 3 is 2.90 bits per heavy atom. The molecule has 0 heterocycles. The van der Waals surface area contributed by atoms with Gasteiger partial charge in [-0.05, 0) is 0 Å². The number of esters is 1. The van der Waals surface area contributed by atoms with Gasteiger partial charge in [0.1, 0.15) is 6.61 Å². The van der Waals surface area contributed by atoms with Gasteiger partial charge in [0.05, 0.1) is 0 Å². The van der Waals surface area contributed by atoms with E-state index in [0.29, 0.717) is 0 Å². The molecule has 0 bridgehead atoms. The Morgan fingerprint density at radius 1 is 1.90 bits per heavy atom. The van der Waals surface area contributed by atoms with E-state index >= 15 is 0 Å². The molecule has 0 saturated heterocycles. The molecule has 1 atom stereocenters. The van der Waals surface area contributed by atoms with Gasteiger partial charge in [0.2, 0.25) is 0 Å². The van der Waals surface area contributed by atoms with Crippen molar-refractivity contribution in [2.24, 2.45) is 0 Å². The number of ether oxygens (including phenoxy) is 2. The van der Waals surface area contributed by atoms with Crippen molar-refractivity contribution in [2.45, 2.75) is 6.29 Å². The molecule has 0 saturated carbocycles. The van der Waals surface area contributed by atoms with Crippen LogP contribution >= 0.6 is 0 Å². The summed E-state index contributed by atoms with van der Waals surface area (Å²) in [6, 6.07) is 0. The van der Waals surface area contributed by atoms with E-state index in [4.69, 9.17) is 5.11 Å². The van der Waals surface area contributed by atoms with E-state index in [1.54, 1.807) is 0 Å². The summed E-state index contributed by atoms with van der Waals surface area (Å²) >= 11 is 0. The first-order valence-corrected chi connectivity index (χ1v) is 2.70. The van der Waals surface area contributed by atoms with Gasteiger partial charge >= 0.3 is 5.97 Å². The van der Waals surface area contributed by atoms with Crippen LogP contribution in [0.25, 0.3) is 0 Å². The van der Waals surface area contributed by atoms with Crippen LogP contribution in [0.4, 0.5) is 0 Å². The van der Waals surface area contributed by atoms with Crippen molar-refractivity contribution in [2.75, 3.05) is 13.7 Å². The second-order valence-corrected chi connectivity index (χ2v) is 1.51. The predicted molar refractivity (Wildman–Crippen MR) is 34.2 cm³/mol. The summed E-state index contributed by atoms with van der Waals surface area (Å²) < 4.78 is 8.67. The van der Waals surface area contributed by atoms with Crippen LogP contribution in [-0.4, -0.2) is 31.1 Å². The van der Waals surface area contributed by atoms with Crippen molar-refractivity contribution in [3.05, 3.63) is 12.7 Å². The first-order chi connectivity index (χ1) is 4.72. The molecule has 58 valence electrons. The van der Waals surface area contributed by atoms with Crippen molar-refractivity contribution < 1.29 is 19.4 Å². The lowest BCUT2D eigenvalue weighted by atomic mass is 10.6. The highest BCUT2D eigenvalue weighted by atomic mass is 16.6. The Kier molecular flexibility index (Phi) is 4.53. The maximum atomic E-state index is 10.5. The van der Waals surface area contributed by atoms with Crippen LogP contribution < -0.4 is 0 Å². The monoisotopic (exact) mass is 146 g/mol. The van der Waals surface area contributed by atoms with Crippen molar-refractivity contribution in [1.82, 2.24) is 0 Å². The molecule has 0 aliphatic heterocycles. The van der Waals surface area contributed by atoms with Crippen LogP contribution in [0.1, 0.15) is 0 Å². The van der Waals surface area contributed by atoms with Crippen molar-refractivity contribution >= 4 is 5.97 Å². The minimum atomic E-state index is -1.49. The Labute approximate surface area is 59.1 Å². The molecule has 1 N–H and O–H groups in total. The van der Waals surface area contributed by atoms with Crippen LogP contribution in [0.2, 0.25) is 0 Å². The molecule has 0 aromatic rings. The molecule has 1 unspecified atom stereocenters. The third-order valence-corrected chi connectivity index (χ3v) is 0.768. The number of rotatable bonds is 4. The largest absolute Gasteiger partial charge is 0.458 e. The van der Waals surface area contributed by atoms with Crippen molar-refractivity contribution in [3.8, 4) is 0 Å². The average molecular weight is 146 g/mol. The first-order valence-electron chi connectivity index (χ1n) is 2.70. The number of methoxy groups -OCH3 is 1. The van der Waals surface area contributed by atoms with E-state index in [9.17, 15) is 4.79 Å². The summed E-state index contributed by atoms with van der Waals surface area (Å²) in [6.45, 7) is 3.40. The van der Waals surface area contributed by atoms with E-state index in [1.807, 2.05) is 0 Å². The van der Waals surface area contributed by atoms with Gasteiger partial charge in [0.25, 0.3) is 6.29 Å². The number of hydrogen-bond acceptors (Lipinski definition) is 4. The standard InChI is InChI=1S/C6H10O4/c1-3-4-10-6(8)5(7)9-2/h3,5,7H,1,4H2,2H3. The summed E-state index contributed by atoms with van der Waals surface area (Å²) in [5, 5.41) is 8.62. The minimum Gasteiger partial charge on any atom is -0.458 e. The zero-order chi connectivity index (χ0) is 7.98. The van der Waals surface area contributed by atoms with Crippen molar-refractivity contribution in [1.29, 1.82) is 0 Å². The maximum Gasteiger partial charge on any atom is 0.363 e. The quantitative estimate of drug-likeness (QED) is 0.335. The molecular weight excluding hydrogens is 136 g/mol. The van der Waals surface area contributed by atoms with Crippen LogP contribution in [0.3, 0.4) is 0 Å². The zero-order valence-electron chi connectivity index (χ0n) is 5.74. The molecule has 0 aliphatic rings. The molecular formula is C6H10O4. The summed E-state index contributed by atoms with van der Waals surface area (Å²) in [7, 11) is 1.21. The fraction of sp³-hybridized carbons (Fsp3) is 0.500. The first kappa shape index (κ1) is 9.13. The van der Waals surface area contributed by atoms with Gasteiger partial charge in [-0.1, -0.05) is 12.7 Å². The Hall–Kier alpha value is -0.870. The van der Waals surface area contributed by atoms with Crippen LogP contribution in [0.5, 0.6) is 0 Å². The van der Waals surface area contributed by atoms with Crippen molar-refractivity contribution in [3.63, 3.8) is 0 Å². The minimum absolute atomic E-state index is 0.0826. The molecule has 0 fully saturated rings. The topological polar surface area (TPSA) is 55.8 Å². The highest BCUT2D eigenvalue weighted by Gasteiger charge is 2.13. The molecule has 0 aliphatic carbocycles. The normalized spacial score (nSPS) is 12.2. The van der Waals surface area contributed by atoms with Crippen LogP contribution in [0, 0.1) is 0 Å². The molecule has 0 rings (SSSR count). The predicted octanol–water partition coefficient (Wildman–Crippen LogP) is -0.320. The number of carbonyl (C=O) groups excluding carboxylic acids is 1. The van der Waals surface area contributed by atoms with Gasteiger partial charge in [-0.3, -0.25) is 0 Å². The van der Waals surface area contributed by atoms with Gasteiger partial charge in [-0.2, -0.15) is 0 Å². The summed E-state index contributed by atoms with van der Waals surface area (Å²) in [5.74, 6) is -0.803. The Morgan fingerprint density at radius 2 is 2.50 bits per heavy atom. The van der Waals surface area contributed by atoms with Crippen LogP contribution in [0.15, 0.2) is 12.7 Å². The third-order valence-electron chi connectivity index (χ3n) is 0.768. The Balaban J connectivity index is 3.51.